The van der Waals surface area contributed by atoms with Crippen molar-refractivity contribution < 1.29 is 4.79 Å². The van der Waals surface area contributed by atoms with Crippen molar-refractivity contribution in [3.8, 4) is 0 Å². The van der Waals surface area contributed by atoms with Crippen molar-refractivity contribution in [3.63, 3.8) is 0 Å². The van der Waals surface area contributed by atoms with E-state index in [2.05, 4.69) is 16.8 Å². The van der Waals surface area contributed by atoms with E-state index in [1.807, 2.05) is 21.1 Å². The lowest BCUT2D eigenvalue weighted by Crippen LogP contribution is -2.71. The quantitative estimate of drug-likeness (QED) is 0.543. The van der Waals surface area contributed by atoms with Crippen LogP contribution in [0.1, 0.15) is 0 Å². The van der Waals surface area contributed by atoms with Gasteiger partial charge in [-0.15, -0.1) is 0 Å². The van der Waals surface area contributed by atoms with Crippen LogP contribution in [0, 0.1) is 0 Å². The Kier molecular flexibility index (Phi) is 2.93. The molecule has 76 valence electrons. The van der Waals surface area contributed by atoms with Crippen LogP contribution < -0.4 is 0 Å². The van der Waals surface area contributed by atoms with Crippen LogP contribution in [0.4, 0.5) is 0 Å². The second-order valence-electron chi connectivity index (χ2n) is 4.35. The summed E-state index contributed by atoms with van der Waals surface area (Å²) in [5, 5.41) is 0. The highest BCUT2D eigenvalue weighted by atomic mass is 16.1. The zero-order valence-corrected chi connectivity index (χ0v) is 8.95. The molecule has 0 spiro atoms. The molecule has 1 heterocycles. The molecular formula is C9H19N3O. The van der Waals surface area contributed by atoms with Gasteiger partial charge in [-0.1, -0.05) is 0 Å². The zero-order chi connectivity index (χ0) is 10.1. The molecule has 0 bridgehead atoms. The Morgan fingerprint density at radius 3 is 2.23 bits per heavy atom. The monoisotopic (exact) mass is 185 g/mol. The lowest BCUT2D eigenvalue weighted by molar-refractivity contribution is -0.130. The van der Waals surface area contributed by atoms with Crippen molar-refractivity contribution in [1.82, 2.24) is 14.7 Å². The van der Waals surface area contributed by atoms with Gasteiger partial charge in [0, 0.05) is 26.7 Å². The molecule has 0 aromatic carbocycles. The van der Waals surface area contributed by atoms with E-state index >= 15 is 0 Å². The van der Waals surface area contributed by atoms with Gasteiger partial charge in [-0.3, -0.25) is 4.79 Å². The summed E-state index contributed by atoms with van der Waals surface area (Å²) >= 11 is 0. The van der Waals surface area contributed by atoms with Crippen molar-refractivity contribution in [2.45, 2.75) is 5.54 Å². The Hall–Kier alpha value is -0.610. The predicted molar refractivity (Wildman–Crippen MR) is 52.6 cm³/mol. The molecule has 1 fully saturated rings. The van der Waals surface area contributed by atoms with Gasteiger partial charge in [0.15, 0.2) is 0 Å². The summed E-state index contributed by atoms with van der Waals surface area (Å²) in [4.78, 5) is 16.9. The van der Waals surface area contributed by atoms with E-state index in [-0.39, 0.29) is 5.54 Å². The van der Waals surface area contributed by atoms with Crippen molar-refractivity contribution in [2.24, 2.45) is 0 Å². The number of carbonyl (C=O) groups excluding carboxylic acids is 1. The molecule has 4 heteroatoms. The Morgan fingerprint density at radius 1 is 1.38 bits per heavy atom. The summed E-state index contributed by atoms with van der Waals surface area (Å²) in [6.07, 6.45) is 0.927. The Balaban J connectivity index is 2.60. The summed E-state index contributed by atoms with van der Waals surface area (Å²) in [6, 6.07) is 0. The van der Waals surface area contributed by atoms with E-state index in [4.69, 9.17) is 0 Å². The van der Waals surface area contributed by atoms with Gasteiger partial charge in [0.1, 0.15) is 0 Å². The van der Waals surface area contributed by atoms with E-state index in [1.165, 1.54) is 0 Å². The molecule has 1 saturated heterocycles. The van der Waals surface area contributed by atoms with E-state index in [9.17, 15) is 4.79 Å². The molecule has 0 unspecified atom stereocenters. The predicted octanol–water partition coefficient (Wildman–Crippen LogP) is -0.680. The molecule has 1 amide bonds. The average molecular weight is 185 g/mol. The molecule has 1 rings (SSSR count). The fourth-order valence-corrected chi connectivity index (χ4v) is 2.09. The number of carbonyl (C=O) groups is 1. The second-order valence-corrected chi connectivity index (χ2v) is 4.35. The van der Waals surface area contributed by atoms with E-state index < -0.39 is 0 Å². The number of rotatable bonds is 4. The van der Waals surface area contributed by atoms with Crippen molar-refractivity contribution in [2.75, 3.05) is 47.8 Å². The first-order valence-corrected chi connectivity index (χ1v) is 4.52. The van der Waals surface area contributed by atoms with Gasteiger partial charge in [-0.05, 0) is 21.1 Å². The minimum Gasteiger partial charge on any atom is -0.339 e. The number of hydrogen-bond acceptors (Lipinski definition) is 3. The van der Waals surface area contributed by atoms with E-state index in [0.29, 0.717) is 0 Å². The molecule has 0 aliphatic carbocycles. The highest BCUT2D eigenvalue weighted by molar-refractivity contribution is 5.49. The number of likely N-dealkylation sites (N-methyl/N-ethyl adjacent to an activating group) is 3. The first kappa shape index (κ1) is 10.5. The van der Waals surface area contributed by atoms with E-state index in [1.54, 1.807) is 4.90 Å². The first-order chi connectivity index (χ1) is 6.00. The van der Waals surface area contributed by atoms with Crippen LogP contribution in [0.3, 0.4) is 0 Å². The average Bonchev–Trinajstić information content (AvgIpc) is 1.98. The number of amides is 1. The highest BCUT2D eigenvalue weighted by Gasteiger charge is 2.44. The SMILES string of the molecule is CN(C)CC1(N(C)C=O)CN(C)C1. The number of nitrogens with zero attached hydrogens (tertiary/aromatic N) is 3. The van der Waals surface area contributed by atoms with Crippen LogP contribution in [-0.2, 0) is 4.79 Å². The molecular weight excluding hydrogens is 166 g/mol. The molecule has 4 nitrogen and oxygen atoms in total. The third-order valence-corrected chi connectivity index (χ3v) is 2.65. The summed E-state index contributed by atoms with van der Waals surface area (Å²) < 4.78 is 0. The maximum atomic E-state index is 10.7. The third kappa shape index (κ3) is 2.00. The summed E-state index contributed by atoms with van der Waals surface area (Å²) in [6.45, 7) is 2.88. The van der Waals surface area contributed by atoms with Crippen LogP contribution in [0.2, 0.25) is 0 Å². The topological polar surface area (TPSA) is 26.8 Å². The molecule has 1 aliphatic rings. The maximum absolute atomic E-state index is 10.7. The Morgan fingerprint density at radius 2 is 1.92 bits per heavy atom. The fraction of sp³-hybridized carbons (Fsp3) is 0.889. The number of hydrogen-bond donors (Lipinski definition) is 0. The van der Waals surface area contributed by atoms with Crippen LogP contribution >= 0.6 is 0 Å². The zero-order valence-electron chi connectivity index (χ0n) is 8.95. The van der Waals surface area contributed by atoms with Crippen molar-refractivity contribution in [3.05, 3.63) is 0 Å². The standard InChI is InChI=1S/C9H19N3O/c1-10(2)5-9(12(4)8-13)6-11(3)7-9/h8H,5-7H2,1-4H3. The van der Waals surface area contributed by atoms with Crippen molar-refractivity contribution in [1.29, 1.82) is 0 Å². The molecule has 0 aromatic rings. The fourth-order valence-electron chi connectivity index (χ4n) is 2.09. The molecule has 1 aliphatic heterocycles. The lowest BCUT2D eigenvalue weighted by atomic mass is 9.88. The maximum Gasteiger partial charge on any atom is 0.210 e. The Labute approximate surface area is 80.1 Å². The van der Waals surface area contributed by atoms with Gasteiger partial charge in [0.2, 0.25) is 6.41 Å². The molecule has 13 heavy (non-hydrogen) atoms. The van der Waals surface area contributed by atoms with Crippen LogP contribution in [0.25, 0.3) is 0 Å². The van der Waals surface area contributed by atoms with Gasteiger partial charge >= 0.3 is 0 Å². The normalized spacial score (nSPS) is 21.3. The highest BCUT2D eigenvalue weighted by Crippen LogP contribution is 2.24. The van der Waals surface area contributed by atoms with Gasteiger partial charge < -0.3 is 14.7 Å². The lowest BCUT2D eigenvalue weighted by Gasteiger charge is -2.53. The second kappa shape index (κ2) is 3.64. The minimum atomic E-state index is 0.0417. The van der Waals surface area contributed by atoms with Gasteiger partial charge in [0.25, 0.3) is 0 Å². The smallest absolute Gasteiger partial charge is 0.210 e. The summed E-state index contributed by atoms with van der Waals surface area (Å²) in [7, 11) is 8.02. The van der Waals surface area contributed by atoms with Gasteiger partial charge in [-0.2, -0.15) is 0 Å². The number of likely N-dealkylation sites (tertiary alicyclic amines) is 1. The summed E-state index contributed by atoms with van der Waals surface area (Å²) in [5.74, 6) is 0. The molecule has 0 saturated carbocycles. The van der Waals surface area contributed by atoms with Crippen LogP contribution in [0.5, 0.6) is 0 Å². The van der Waals surface area contributed by atoms with Crippen molar-refractivity contribution >= 4 is 6.41 Å². The van der Waals surface area contributed by atoms with Crippen LogP contribution in [-0.4, -0.2) is 74.5 Å². The molecule has 0 radical (unpaired) electrons. The first-order valence-electron chi connectivity index (χ1n) is 4.52. The van der Waals surface area contributed by atoms with Gasteiger partial charge in [0.05, 0.1) is 5.54 Å². The van der Waals surface area contributed by atoms with Crippen LogP contribution in [0.15, 0.2) is 0 Å². The molecule has 0 atom stereocenters. The Bertz CT molecular complexity index is 187. The molecule has 0 aromatic heterocycles. The largest absolute Gasteiger partial charge is 0.339 e. The van der Waals surface area contributed by atoms with E-state index in [0.717, 1.165) is 26.0 Å². The third-order valence-electron chi connectivity index (χ3n) is 2.65. The van der Waals surface area contributed by atoms with Gasteiger partial charge in [-0.25, -0.2) is 0 Å². The minimum absolute atomic E-state index is 0.0417. The molecule has 0 N–H and O–H groups in total. The summed E-state index contributed by atoms with van der Waals surface area (Å²) in [5.41, 5.74) is 0.0417.